The molecular formula is C15H14BrFN2O3. The molecule has 5 nitrogen and oxygen atoms in total. The van der Waals surface area contributed by atoms with Crippen molar-refractivity contribution in [2.75, 3.05) is 13.1 Å². The van der Waals surface area contributed by atoms with Gasteiger partial charge in [-0.25, -0.2) is 4.39 Å². The summed E-state index contributed by atoms with van der Waals surface area (Å²) in [5.74, 6) is -1.01. The van der Waals surface area contributed by atoms with Gasteiger partial charge >= 0.3 is 0 Å². The van der Waals surface area contributed by atoms with E-state index < -0.39 is 5.91 Å². The minimum absolute atomic E-state index is 0.117. The first-order valence-corrected chi connectivity index (χ1v) is 7.39. The van der Waals surface area contributed by atoms with Gasteiger partial charge in [0.05, 0.1) is 6.54 Å². The highest BCUT2D eigenvalue weighted by atomic mass is 79.9. The Morgan fingerprint density at radius 2 is 1.91 bits per heavy atom. The van der Waals surface area contributed by atoms with Gasteiger partial charge in [-0.15, -0.1) is 0 Å². The number of benzene rings is 1. The van der Waals surface area contributed by atoms with Gasteiger partial charge < -0.3 is 15.1 Å². The van der Waals surface area contributed by atoms with Crippen molar-refractivity contribution in [1.29, 1.82) is 0 Å². The molecule has 7 heteroatoms. The Balaban J connectivity index is 1.70. The standard InChI is InChI=1S/C15H14BrFN2O3/c16-13-6-5-12(22-13)15(21)19-9-14(20)18-8-7-10-3-1-2-4-11(10)17/h1-6H,7-9H2,(H,18,20)(H,19,21). The smallest absolute Gasteiger partial charge is 0.287 e. The molecule has 0 aliphatic heterocycles. The van der Waals surface area contributed by atoms with E-state index in [4.69, 9.17) is 4.42 Å². The van der Waals surface area contributed by atoms with Gasteiger partial charge in [0, 0.05) is 6.54 Å². The van der Waals surface area contributed by atoms with E-state index in [9.17, 15) is 14.0 Å². The monoisotopic (exact) mass is 368 g/mol. The topological polar surface area (TPSA) is 71.3 Å². The average molecular weight is 369 g/mol. The number of halogens is 2. The van der Waals surface area contributed by atoms with Crippen LogP contribution in [0.15, 0.2) is 45.5 Å². The van der Waals surface area contributed by atoms with Gasteiger partial charge in [0.25, 0.3) is 5.91 Å². The van der Waals surface area contributed by atoms with Gasteiger partial charge in [0.2, 0.25) is 5.91 Å². The van der Waals surface area contributed by atoms with E-state index in [1.54, 1.807) is 24.3 Å². The maximum Gasteiger partial charge on any atom is 0.287 e. The summed E-state index contributed by atoms with van der Waals surface area (Å²) in [5, 5.41) is 5.04. The molecule has 0 unspecified atom stereocenters. The third-order valence-electron chi connectivity index (χ3n) is 2.88. The Kier molecular flexibility index (Phi) is 5.71. The molecule has 1 aromatic carbocycles. The van der Waals surface area contributed by atoms with Crippen molar-refractivity contribution < 1.29 is 18.4 Å². The second-order valence-electron chi connectivity index (χ2n) is 4.48. The summed E-state index contributed by atoms with van der Waals surface area (Å²) in [7, 11) is 0. The molecule has 0 aliphatic carbocycles. The van der Waals surface area contributed by atoms with Crippen molar-refractivity contribution in [1.82, 2.24) is 10.6 Å². The van der Waals surface area contributed by atoms with Crippen LogP contribution in [0.4, 0.5) is 4.39 Å². The van der Waals surface area contributed by atoms with Gasteiger partial charge in [0.1, 0.15) is 5.82 Å². The average Bonchev–Trinajstić information content (AvgIpc) is 2.93. The summed E-state index contributed by atoms with van der Waals surface area (Å²) in [4.78, 5) is 23.2. The first-order valence-electron chi connectivity index (χ1n) is 6.60. The van der Waals surface area contributed by atoms with E-state index in [-0.39, 0.29) is 24.0 Å². The van der Waals surface area contributed by atoms with E-state index in [1.165, 1.54) is 12.1 Å². The molecule has 116 valence electrons. The molecule has 0 spiro atoms. The maximum absolute atomic E-state index is 13.4. The van der Waals surface area contributed by atoms with Crippen LogP contribution in [0, 0.1) is 5.82 Å². The second kappa shape index (κ2) is 7.74. The molecule has 0 atom stereocenters. The van der Waals surface area contributed by atoms with Gasteiger partial charge in [-0.1, -0.05) is 18.2 Å². The molecular weight excluding hydrogens is 355 g/mol. The molecule has 0 aliphatic rings. The summed E-state index contributed by atoms with van der Waals surface area (Å²) < 4.78 is 18.9. The fourth-order valence-corrected chi connectivity index (χ4v) is 2.09. The second-order valence-corrected chi connectivity index (χ2v) is 5.26. The molecule has 1 heterocycles. The summed E-state index contributed by atoms with van der Waals surface area (Å²) in [6.07, 6.45) is 0.386. The van der Waals surface area contributed by atoms with Crippen molar-refractivity contribution in [3.8, 4) is 0 Å². The lowest BCUT2D eigenvalue weighted by Gasteiger charge is -2.06. The normalized spacial score (nSPS) is 10.3. The third-order valence-corrected chi connectivity index (χ3v) is 3.31. The molecule has 0 radical (unpaired) electrons. The van der Waals surface area contributed by atoms with E-state index in [0.29, 0.717) is 23.2 Å². The number of hydrogen-bond donors (Lipinski definition) is 2. The number of rotatable bonds is 6. The zero-order chi connectivity index (χ0) is 15.9. The quantitative estimate of drug-likeness (QED) is 0.821. The maximum atomic E-state index is 13.4. The van der Waals surface area contributed by atoms with Crippen LogP contribution >= 0.6 is 15.9 Å². The highest BCUT2D eigenvalue weighted by molar-refractivity contribution is 9.10. The van der Waals surface area contributed by atoms with Gasteiger partial charge in [0.15, 0.2) is 10.4 Å². The van der Waals surface area contributed by atoms with E-state index in [1.807, 2.05) is 0 Å². The zero-order valence-electron chi connectivity index (χ0n) is 11.6. The van der Waals surface area contributed by atoms with Crippen LogP contribution in [0.25, 0.3) is 0 Å². The number of nitrogens with one attached hydrogen (secondary N) is 2. The van der Waals surface area contributed by atoms with E-state index >= 15 is 0 Å². The van der Waals surface area contributed by atoms with E-state index in [0.717, 1.165) is 0 Å². The molecule has 1 aromatic heterocycles. The van der Waals surface area contributed by atoms with Crippen LogP contribution in [0.2, 0.25) is 0 Å². The Morgan fingerprint density at radius 1 is 1.14 bits per heavy atom. The first kappa shape index (κ1) is 16.2. The predicted molar refractivity (Wildman–Crippen MR) is 81.9 cm³/mol. The lowest BCUT2D eigenvalue weighted by molar-refractivity contribution is -0.120. The molecule has 0 saturated heterocycles. The number of furan rings is 1. The van der Waals surface area contributed by atoms with Crippen molar-refractivity contribution >= 4 is 27.7 Å². The Bertz CT molecular complexity index is 672. The summed E-state index contributed by atoms with van der Waals surface area (Å²) in [6, 6.07) is 9.47. The summed E-state index contributed by atoms with van der Waals surface area (Å²) >= 11 is 3.09. The Labute approximate surface area is 135 Å². The molecule has 2 N–H and O–H groups in total. The van der Waals surface area contributed by atoms with Crippen LogP contribution in [0.5, 0.6) is 0 Å². The Morgan fingerprint density at radius 3 is 2.59 bits per heavy atom. The molecule has 0 bridgehead atoms. The van der Waals surface area contributed by atoms with E-state index in [2.05, 4.69) is 26.6 Å². The fraction of sp³-hybridized carbons (Fsp3) is 0.200. The lowest BCUT2D eigenvalue weighted by Crippen LogP contribution is -2.37. The fourth-order valence-electron chi connectivity index (χ4n) is 1.78. The van der Waals surface area contributed by atoms with Crippen LogP contribution in [-0.4, -0.2) is 24.9 Å². The first-order chi connectivity index (χ1) is 10.6. The van der Waals surface area contributed by atoms with Gasteiger partial charge in [-0.3, -0.25) is 9.59 Å². The molecule has 0 fully saturated rings. The van der Waals surface area contributed by atoms with Gasteiger partial charge in [-0.05, 0) is 46.1 Å². The van der Waals surface area contributed by atoms with Crippen LogP contribution in [0.1, 0.15) is 16.1 Å². The zero-order valence-corrected chi connectivity index (χ0v) is 13.2. The van der Waals surface area contributed by atoms with Crippen molar-refractivity contribution in [2.24, 2.45) is 0 Å². The number of carbonyl (C=O) groups is 2. The number of amides is 2. The molecule has 22 heavy (non-hydrogen) atoms. The third kappa shape index (κ3) is 4.70. The SMILES string of the molecule is O=C(CNC(=O)c1ccc(Br)o1)NCCc1ccccc1F. The highest BCUT2D eigenvalue weighted by Gasteiger charge is 2.11. The van der Waals surface area contributed by atoms with Crippen molar-refractivity contribution in [2.45, 2.75) is 6.42 Å². The van der Waals surface area contributed by atoms with Gasteiger partial charge in [-0.2, -0.15) is 0 Å². The summed E-state index contributed by atoms with van der Waals surface area (Å²) in [5.41, 5.74) is 0.535. The molecule has 2 amide bonds. The van der Waals surface area contributed by atoms with Crippen LogP contribution in [0.3, 0.4) is 0 Å². The number of hydrogen-bond acceptors (Lipinski definition) is 3. The van der Waals surface area contributed by atoms with Crippen molar-refractivity contribution in [3.05, 3.63) is 58.2 Å². The predicted octanol–water partition coefficient (Wildman–Crippen LogP) is 2.27. The van der Waals surface area contributed by atoms with Crippen molar-refractivity contribution in [3.63, 3.8) is 0 Å². The molecule has 2 aromatic rings. The molecule has 0 saturated carbocycles. The largest absolute Gasteiger partial charge is 0.444 e. The minimum atomic E-state index is -0.477. The van der Waals surface area contributed by atoms with Crippen LogP contribution < -0.4 is 10.6 Å². The highest BCUT2D eigenvalue weighted by Crippen LogP contribution is 2.13. The lowest BCUT2D eigenvalue weighted by atomic mass is 10.1. The number of carbonyl (C=O) groups excluding carboxylic acids is 2. The Hall–Kier alpha value is -2.15. The minimum Gasteiger partial charge on any atom is -0.444 e. The molecule has 2 rings (SSSR count). The summed E-state index contributed by atoms with van der Waals surface area (Å²) in [6.45, 7) is 0.121. The van der Waals surface area contributed by atoms with Crippen LogP contribution in [-0.2, 0) is 11.2 Å².